The van der Waals surface area contributed by atoms with Crippen molar-refractivity contribution >= 4 is 5.82 Å². The van der Waals surface area contributed by atoms with Gasteiger partial charge in [0, 0.05) is 61.1 Å². The zero-order chi connectivity index (χ0) is 23.7. The fourth-order valence-corrected chi connectivity index (χ4v) is 4.81. The van der Waals surface area contributed by atoms with Gasteiger partial charge in [-0.3, -0.25) is 4.98 Å². The van der Waals surface area contributed by atoms with Crippen LogP contribution in [0.4, 0.5) is 5.82 Å². The standard InChI is InChI=1S/C29H28N4O2/c1-21-7-9-22(10-8-21)24-17-25(20-30-19-24)26-18-27(32-28(31-26)23-5-3-2-4-6-23)33-13-11-29(12-14-33)34-15-16-35-29/h2-10,17-20H,11-16H2,1H3. The molecule has 4 aromatic rings. The summed E-state index contributed by atoms with van der Waals surface area (Å²) < 4.78 is 11.8. The van der Waals surface area contributed by atoms with Gasteiger partial charge in [-0.05, 0) is 18.6 Å². The van der Waals surface area contributed by atoms with Crippen molar-refractivity contribution < 1.29 is 9.47 Å². The molecule has 2 aliphatic rings. The summed E-state index contributed by atoms with van der Waals surface area (Å²) in [4.78, 5) is 16.8. The number of anilines is 1. The van der Waals surface area contributed by atoms with Crippen LogP contribution in [0.25, 0.3) is 33.8 Å². The van der Waals surface area contributed by atoms with E-state index in [0.717, 1.165) is 59.7 Å². The molecule has 4 heterocycles. The van der Waals surface area contributed by atoms with E-state index in [1.54, 1.807) is 0 Å². The zero-order valence-corrected chi connectivity index (χ0v) is 19.9. The van der Waals surface area contributed by atoms with E-state index in [9.17, 15) is 0 Å². The number of pyridine rings is 1. The van der Waals surface area contributed by atoms with Crippen molar-refractivity contribution in [3.8, 4) is 33.8 Å². The SMILES string of the molecule is Cc1ccc(-c2cncc(-c3cc(N4CCC5(CC4)OCCO5)nc(-c4ccccc4)n3)c2)cc1. The predicted molar refractivity (Wildman–Crippen MR) is 137 cm³/mol. The first-order chi connectivity index (χ1) is 17.2. The van der Waals surface area contributed by atoms with Gasteiger partial charge in [-0.25, -0.2) is 9.97 Å². The van der Waals surface area contributed by atoms with E-state index in [4.69, 9.17) is 19.4 Å². The Hall–Kier alpha value is -3.61. The molecule has 2 fully saturated rings. The molecule has 2 aliphatic heterocycles. The lowest BCUT2D eigenvalue weighted by Gasteiger charge is -2.38. The van der Waals surface area contributed by atoms with Crippen LogP contribution in [0.1, 0.15) is 18.4 Å². The van der Waals surface area contributed by atoms with Gasteiger partial charge in [0.05, 0.1) is 18.9 Å². The van der Waals surface area contributed by atoms with Crippen LogP contribution < -0.4 is 4.90 Å². The number of benzene rings is 2. The van der Waals surface area contributed by atoms with Crippen LogP contribution >= 0.6 is 0 Å². The monoisotopic (exact) mass is 464 g/mol. The maximum Gasteiger partial charge on any atom is 0.171 e. The molecule has 0 unspecified atom stereocenters. The molecule has 0 atom stereocenters. The third-order valence-corrected chi connectivity index (χ3v) is 6.83. The molecule has 176 valence electrons. The number of nitrogens with zero attached hydrogens (tertiary/aromatic N) is 4. The van der Waals surface area contributed by atoms with E-state index in [-0.39, 0.29) is 0 Å². The van der Waals surface area contributed by atoms with Crippen LogP contribution in [-0.4, -0.2) is 47.0 Å². The summed E-state index contributed by atoms with van der Waals surface area (Å²) in [6.07, 6.45) is 5.44. The zero-order valence-electron chi connectivity index (χ0n) is 19.9. The van der Waals surface area contributed by atoms with Gasteiger partial charge >= 0.3 is 0 Å². The first-order valence-electron chi connectivity index (χ1n) is 12.2. The lowest BCUT2D eigenvalue weighted by atomic mass is 10.0. The lowest BCUT2D eigenvalue weighted by molar-refractivity contribution is -0.169. The Bertz CT molecular complexity index is 1310. The lowest BCUT2D eigenvalue weighted by Crippen LogP contribution is -2.45. The number of aryl methyl sites for hydroxylation is 1. The molecule has 2 aromatic heterocycles. The van der Waals surface area contributed by atoms with Gasteiger partial charge < -0.3 is 14.4 Å². The van der Waals surface area contributed by atoms with Crippen LogP contribution in [0.15, 0.2) is 79.1 Å². The molecule has 1 spiro atoms. The molecule has 0 saturated carbocycles. The molecule has 0 N–H and O–H groups in total. The molecule has 0 radical (unpaired) electrons. The minimum Gasteiger partial charge on any atom is -0.356 e. The molecule has 0 aliphatic carbocycles. The first kappa shape index (κ1) is 21.9. The van der Waals surface area contributed by atoms with E-state index in [2.05, 4.69) is 65.3 Å². The first-order valence-corrected chi connectivity index (χ1v) is 12.2. The number of ether oxygens (including phenoxy) is 2. The van der Waals surface area contributed by atoms with Crippen molar-refractivity contribution in [1.29, 1.82) is 0 Å². The predicted octanol–water partition coefficient (Wildman–Crippen LogP) is 5.52. The summed E-state index contributed by atoms with van der Waals surface area (Å²) in [5, 5.41) is 0. The third kappa shape index (κ3) is 4.55. The minimum atomic E-state index is -0.416. The van der Waals surface area contributed by atoms with Crippen LogP contribution in [0.2, 0.25) is 0 Å². The van der Waals surface area contributed by atoms with Crippen LogP contribution in [0, 0.1) is 6.92 Å². The Kier molecular flexibility index (Phi) is 5.76. The molecule has 6 nitrogen and oxygen atoms in total. The van der Waals surface area contributed by atoms with Crippen molar-refractivity contribution in [1.82, 2.24) is 15.0 Å². The Labute approximate surface area is 205 Å². The van der Waals surface area contributed by atoms with E-state index >= 15 is 0 Å². The second-order valence-corrected chi connectivity index (χ2v) is 9.22. The Balaban J connectivity index is 1.38. The highest BCUT2D eigenvalue weighted by Gasteiger charge is 2.40. The van der Waals surface area contributed by atoms with Crippen molar-refractivity contribution in [2.45, 2.75) is 25.6 Å². The van der Waals surface area contributed by atoms with E-state index in [0.29, 0.717) is 19.0 Å². The number of hydrogen-bond acceptors (Lipinski definition) is 6. The average molecular weight is 465 g/mol. The number of rotatable bonds is 4. The van der Waals surface area contributed by atoms with Crippen LogP contribution in [0.3, 0.4) is 0 Å². The quantitative estimate of drug-likeness (QED) is 0.396. The maximum atomic E-state index is 5.92. The molecular weight excluding hydrogens is 436 g/mol. The number of hydrogen-bond donors (Lipinski definition) is 0. The van der Waals surface area contributed by atoms with E-state index in [1.165, 1.54) is 5.56 Å². The highest BCUT2D eigenvalue weighted by molar-refractivity contribution is 5.73. The van der Waals surface area contributed by atoms with Crippen molar-refractivity contribution in [2.75, 3.05) is 31.2 Å². The highest BCUT2D eigenvalue weighted by atomic mass is 16.7. The average Bonchev–Trinajstić information content (AvgIpc) is 3.37. The molecule has 6 rings (SSSR count). The molecule has 6 heteroatoms. The largest absolute Gasteiger partial charge is 0.356 e. The van der Waals surface area contributed by atoms with Crippen LogP contribution in [0.5, 0.6) is 0 Å². The molecule has 35 heavy (non-hydrogen) atoms. The summed E-state index contributed by atoms with van der Waals surface area (Å²) in [7, 11) is 0. The van der Waals surface area contributed by atoms with Crippen molar-refractivity contribution in [3.05, 3.63) is 84.7 Å². The van der Waals surface area contributed by atoms with Gasteiger partial charge in [-0.2, -0.15) is 0 Å². The van der Waals surface area contributed by atoms with Crippen molar-refractivity contribution in [3.63, 3.8) is 0 Å². The summed E-state index contributed by atoms with van der Waals surface area (Å²) >= 11 is 0. The number of aromatic nitrogens is 3. The Morgan fingerprint density at radius 2 is 1.46 bits per heavy atom. The topological polar surface area (TPSA) is 60.4 Å². The summed E-state index contributed by atoms with van der Waals surface area (Å²) in [6, 6.07) is 22.9. The van der Waals surface area contributed by atoms with Gasteiger partial charge in [-0.1, -0.05) is 60.2 Å². The Morgan fingerprint density at radius 1 is 0.743 bits per heavy atom. The molecule has 2 aromatic carbocycles. The Morgan fingerprint density at radius 3 is 2.20 bits per heavy atom. The second kappa shape index (κ2) is 9.21. The molecule has 0 amide bonds. The van der Waals surface area contributed by atoms with Gasteiger partial charge in [0.1, 0.15) is 5.82 Å². The molecular formula is C29H28N4O2. The summed E-state index contributed by atoms with van der Waals surface area (Å²) in [5.41, 5.74) is 6.28. The van der Waals surface area contributed by atoms with Crippen molar-refractivity contribution in [2.24, 2.45) is 0 Å². The molecule has 0 bridgehead atoms. The normalized spacial score (nSPS) is 17.1. The highest BCUT2D eigenvalue weighted by Crippen LogP contribution is 2.34. The smallest absolute Gasteiger partial charge is 0.171 e. The summed E-state index contributed by atoms with van der Waals surface area (Å²) in [5.74, 6) is 1.22. The fourth-order valence-electron chi connectivity index (χ4n) is 4.81. The fraction of sp³-hybridized carbons (Fsp3) is 0.276. The van der Waals surface area contributed by atoms with Gasteiger partial charge in [0.2, 0.25) is 0 Å². The van der Waals surface area contributed by atoms with Gasteiger partial charge in [0.15, 0.2) is 11.6 Å². The number of piperidine rings is 1. The maximum absolute atomic E-state index is 5.92. The molecule has 2 saturated heterocycles. The minimum absolute atomic E-state index is 0.416. The van der Waals surface area contributed by atoms with Crippen LogP contribution in [-0.2, 0) is 9.47 Å². The second-order valence-electron chi connectivity index (χ2n) is 9.22. The van der Waals surface area contributed by atoms with Gasteiger partial charge in [0.25, 0.3) is 0 Å². The van der Waals surface area contributed by atoms with E-state index in [1.807, 2.05) is 30.6 Å². The van der Waals surface area contributed by atoms with Gasteiger partial charge in [-0.15, -0.1) is 0 Å². The summed E-state index contributed by atoms with van der Waals surface area (Å²) in [6.45, 7) is 5.11. The van der Waals surface area contributed by atoms with E-state index < -0.39 is 5.79 Å². The third-order valence-electron chi connectivity index (χ3n) is 6.83.